The number of aryl methyl sites for hydroxylation is 1. The van der Waals surface area contributed by atoms with E-state index in [-0.39, 0.29) is 11.2 Å². The van der Waals surface area contributed by atoms with E-state index in [9.17, 15) is 4.79 Å². The topological polar surface area (TPSA) is 65.4 Å². The zero-order valence-electron chi connectivity index (χ0n) is 16.9. The summed E-state index contributed by atoms with van der Waals surface area (Å²) in [6.45, 7) is 6.06. The molecule has 6 nitrogen and oxygen atoms in total. The molecule has 1 aliphatic heterocycles. The summed E-state index contributed by atoms with van der Waals surface area (Å²) in [7, 11) is 1.62. The lowest BCUT2D eigenvalue weighted by molar-refractivity contribution is -0.113. The Bertz CT molecular complexity index is 1080. The van der Waals surface area contributed by atoms with E-state index in [1.165, 1.54) is 0 Å². The number of hydrogen-bond donors (Lipinski definition) is 1. The molecule has 3 aromatic rings. The summed E-state index contributed by atoms with van der Waals surface area (Å²) in [5.74, 6) is 2.33. The van der Waals surface area contributed by atoms with Gasteiger partial charge in [0.2, 0.25) is 5.91 Å². The van der Waals surface area contributed by atoms with Crippen molar-refractivity contribution in [1.29, 1.82) is 0 Å². The summed E-state index contributed by atoms with van der Waals surface area (Å²) in [6, 6.07) is 15.7. The van der Waals surface area contributed by atoms with Gasteiger partial charge in [0, 0.05) is 5.56 Å². The molecule has 2 heterocycles. The fraction of sp³-hybridized carbons (Fsp3) is 0.217. The number of amides is 1. The van der Waals surface area contributed by atoms with Gasteiger partial charge in [0.05, 0.1) is 29.5 Å². The molecule has 0 spiro atoms. The highest BCUT2D eigenvalue weighted by molar-refractivity contribution is 8.00. The minimum atomic E-state index is -0.0706. The number of aromatic nitrogens is 2. The van der Waals surface area contributed by atoms with Gasteiger partial charge in [0.15, 0.2) is 11.5 Å². The van der Waals surface area contributed by atoms with Crippen molar-refractivity contribution in [1.82, 2.24) is 9.78 Å². The number of carbonyl (C=O) groups is 1. The van der Waals surface area contributed by atoms with Gasteiger partial charge in [-0.05, 0) is 36.8 Å². The van der Waals surface area contributed by atoms with E-state index in [1.54, 1.807) is 29.6 Å². The Labute approximate surface area is 179 Å². The highest BCUT2D eigenvalue weighted by Crippen LogP contribution is 2.45. The van der Waals surface area contributed by atoms with Crippen molar-refractivity contribution in [2.24, 2.45) is 0 Å². The number of fused-ring (bicyclic) bond motifs is 1. The maximum atomic E-state index is 12.5. The molecule has 1 N–H and O–H groups in total. The number of rotatable bonds is 6. The minimum Gasteiger partial charge on any atom is -0.493 e. The van der Waals surface area contributed by atoms with Crippen LogP contribution in [0.1, 0.15) is 22.1 Å². The average molecular weight is 422 g/mol. The van der Waals surface area contributed by atoms with Crippen LogP contribution >= 0.6 is 11.8 Å². The van der Waals surface area contributed by atoms with Crippen LogP contribution in [0.5, 0.6) is 11.5 Å². The van der Waals surface area contributed by atoms with Crippen LogP contribution in [0.25, 0.3) is 5.69 Å². The van der Waals surface area contributed by atoms with Crippen molar-refractivity contribution in [2.75, 3.05) is 24.8 Å². The van der Waals surface area contributed by atoms with Crippen LogP contribution in [0.2, 0.25) is 0 Å². The average Bonchev–Trinajstić information content (AvgIpc) is 2.98. The monoisotopic (exact) mass is 421 g/mol. The van der Waals surface area contributed by atoms with E-state index >= 15 is 0 Å². The third kappa shape index (κ3) is 3.80. The standard InChI is InChI=1S/C23H23N3O3S/c1-4-12-29-18-11-10-16(13-19(18)28-3)22-21-15(2)25-26(17-8-6-5-7-9-17)23(21)24-20(27)14-30-22/h4-11,13,22H,1,12,14H2,2-3H3,(H,24,27)/t22-/m1/s1. The van der Waals surface area contributed by atoms with Crippen LogP contribution < -0.4 is 14.8 Å². The number of nitrogens with one attached hydrogen (secondary N) is 1. The predicted octanol–water partition coefficient (Wildman–Crippen LogP) is 4.53. The third-order valence-electron chi connectivity index (χ3n) is 4.86. The molecule has 0 aliphatic carbocycles. The summed E-state index contributed by atoms with van der Waals surface area (Å²) in [4.78, 5) is 12.5. The molecule has 7 heteroatoms. The molecule has 2 aromatic carbocycles. The number of anilines is 1. The van der Waals surface area contributed by atoms with Gasteiger partial charge in [0.25, 0.3) is 0 Å². The van der Waals surface area contributed by atoms with Gasteiger partial charge in [-0.3, -0.25) is 4.79 Å². The van der Waals surface area contributed by atoms with Crippen molar-refractivity contribution < 1.29 is 14.3 Å². The van der Waals surface area contributed by atoms with E-state index < -0.39 is 0 Å². The second-order valence-corrected chi connectivity index (χ2v) is 7.94. The van der Waals surface area contributed by atoms with E-state index in [2.05, 4.69) is 11.9 Å². The number of benzene rings is 2. The maximum absolute atomic E-state index is 12.5. The highest BCUT2D eigenvalue weighted by atomic mass is 32.2. The first-order valence-electron chi connectivity index (χ1n) is 9.60. The summed E-state index contributed by atoms with van der Waals surface area (Å²) < 4.78 is 13.0. The molecule has 0 unspecified atom stereocenters. The maximum Gasteiger partial charge on any atom is 0.235 e. The van der Waals surface area contributed by atoms with E-state index in [4.69, 9.17) is 14.6 Å². The molecule has 1 aromatic heterocycles. The fourth-order valence-electron chi connectivity index (χ4n) is 3.52. The van der Waals surface area contributed by atoms with Gasteiger partial charge < -0.3 is 14.8 Å². The lowest BCUT2D eigenvalue weighted by Gasteiger charge is -2.18. The molecule has 0 fully saturated rings. The van der Waals surface area contributed by atoms with Crippen LogP contribution in [-0.2, 0) is 4.79 Å². The summed E-state index contributed by atoms with van der Waals surface area (Å²) in [6.07, 6.45) is 1.69. The van der Waals surface area contributed by atoms with Gasteiger partial charge in [-0.25, -0.2) is 4.68 Å². The molecule has 1 atom stereocenters. The van der Waals surface area contributed by atoms with Crippen LogP contribution in [0.15, 0.2) is 61.2 Å². The Morgan fingerprint density at radius 3 is 2.80 bits per heavy atom. The molecular formula is C23H23N3O3S. The molecule has 1 aliphatic rings. The number of thioether (sulfide) groups is 1. The Morgan fingerprint density at radius 2 is 2.07 bits per heavy atom. The van der Waals surface area contributed by atoms with Gasteiger partial charge in [-0.15, -0.1) is 11.8 Å². The summed E-state index contributed by atoms with van der Waals surface area (Å²) in [5.41, 5.74) is 3.80. The smallest absolute Gasteiger partial charge is 0.235 e. The largest absolute Gasteiger partial charge is 0.493 e. The summed E-state index contributed by atoms with van der Waals surface area (Å²) in [5, 5.41) is 7.72. The van der Waals surface area contributed by atoms with Crippen LogP contribution in [0.4, 0.5) is 5.82 Å². The molecular weight excluding hydrogens is 398 g/mol. The number of hydrogen-bond acceptors (Lipinski definition) is 5. The quantitative estimate of drug-likeness (QED) is 0.593. The molecule has 0 radical (unpaired) electrons. The first kappa shape index (κ1) is 20.1. The Hall–Kier alpha value is -3.19. The first-order chi connectivity index (χ1) is 14.6. The lowest BCUT2D eigenvalue weighted by Crippen LogP contribution is -2.15. The van der Waals surface area contributed by atoms with Crippen molar-refractivity contribution >= 4 is 23.5 Å². The zero-order chi connectivity index (χ0) is 21.1. The molecule has 30 heavy (non-hydrogen) atoms. The molecule has 0 saturated carbocycles. The SMILES string of the molecule is C=CCOc1ccc([C@H]2SCC(=O)Nc3c2c(C)nn3-c2ccccc2)cc1OC. The Morgan fingerprint density at radius 1 is 1.27 bits per heavy atom. The van der Waals surface area contributed by atoms with Gasteiger partial charge in [0.1, 0.15) is 12.4 Å². The molecule has 1 amide bonds. The Balaban J connectivity index is 1.81. The number of carbonyl (C=O) groups excluding carboxylic acids is 1. The first-order valence-corrected chi connectivity index (χ1v) is 10.6. The fourth-order valence-corrected chi connectivity index (χ4v) is 4.70. The second kappa shape index (κ2) is 8.67. The number of para-hydroxylation sites is 1. The molecule has 0 saturated heterocycles. The number of methoxy groups -OCH3 is 1. The number of nitrogens with zero attached hydrogens (tertiary/aromatic N) is 2. The van der Waals surface area contributed by atoms with Crippen LogP contribution in [-0.4, -0.2) is 35.2 Å². The third-order valence-corrected chi connectivity index (χ3v) is 6.13. The van der Waals surface area contributed by atoms with Crippen molar-refractivity contribution in [2.45, 2.75) is 12.2 Å². The van der Waals surface area contributed by atoms with Crippen LogP contribution in [0.3, 0.4) is 0 Å². The second-order valence-electron chi connectivity index (χ2n) is 6.84. The lowest BCUT2D eigenvalue weighted by atomic mass is 10.0. The van der Waals surface area contributed by atoms with Gasteiger partial charge >= 0.3 is 0 Å². The minimum absolute atomic E-state index is 0.0428. The van der Waals surface area contributed by atoms with Crippen molar-refractivity contribution in [3.8, 4) is 17.2 Å². The molecule has 4 rings (SSSR count). The number of ether oxygens (including phenoxy) is 2. The van der Waals surface area contributed by atoms with Crippen LogP contribution in [0, 0.1) is 6.92 Å². The van der Waals surface area contributed by atoms with E-state index in [0.717, 1.165) is 22.5 Å². The molecule has 154 valence electrons. The van der Waals surface area contributed by atoms with E-state index in [0.29, 0.717) is 29.7 Å². The normalized spacial score (nSPS) is 15.7. The molecule has 0 bridgehead atoms. The van der Waals surface area contributed by atoms with Gasteiger partial charge in [-0.1, -0.05) is 36.9 Å². The predicted molar refractivity (Wildman–Crippen MR) is 120 cm³/mol. The zero-order valence-corrected chi connectivity index (χ0v) is 17.7. The summed E-state index contributed by atoms with van der Waals surface area (Å²) >= 11 is 1.58. The van der Waals surface area contributed by atoms with Gasteiger partial charge in [-0.2, -0.15) is 5.10 Å². The van der Waals surface area contributed by atoms with Crippen molar-refractivity contribution in [3.05, 3.63) is 78.0 Å². The Kier molecular flexibility index (Phi) is 5.81. The van der Waals surface area contributed by atoms with E-state index in [1.807, 2.05) is 55.5 Å². The highest BCUT2D eigenvalue weighted by Gasteiger charge is 2.31. The van der Waals surface area contributed by atoms with Crippen molar-refractivity contribution in [3.63, 3.8) is 0 Å².